The van der Waals surface area contributed by atoms with Crippen LogP contribution in [-0.4, -0.2) is 23.3 Å². The van der Waals surface area contributed by atoms with Crippen LogP contribution >= 0.6 is 12.2 Å². The first kappa shape index (κ1) is 12.7. The van der Waals surface area contributed by atoms with E-state index in [0.29, 0.717) is 6.04 Å². The lowest BCUT2D eigenvalue weighted by atomic mass is 9.95. The first-order valence-electron chi connectivity index (χ1n) is 6.97. The third-order valence-corrected chi connectivity index (χ3v) is 4.98. The van der Waals surface area contributed by atoms with Crippen LogP contribution in [0, 0.1) is 11.8 Å². The summed E-state index contributed by atoms with van der Waals surface area (Å²) >= 11 is 5.50. The topological polar surface area (TPSA) is 35.5 Å². The van der Waals surface area contributed by atoms with Gasteiger partial charge in [0.1, 0.15) is 5.75 Å². The molecule has 0 saturated heterocycles. The van der Waals surface area contributed by atoms with Gasteiger partial charge in [-0.1, -0.05) is 6.42 Å². The van der Waals surface area contributed by atoms with E-state index in [2.05, 4.69) is 5.32 Å². The number of benzene rings is 1. The Bertz CT molecular complexity index is 474. The van der Waals surface area contributed by atoms with Gasteiger partial charge in [0.25, 0.3) is 0 Å². The van der Waals surface area contributed by atoms with Gasteiger partial charge in [0.15, 0.2) is 5.11 Å². The second kappa shape index (κ2) is 5.00. The van der Waals surface area contributed by atoms with Gasteiger partial charge in [0.05, 0.1) is 0 Å². The third kappa shape index (κ3) is 2.54. The summed E-state index contributed by atoms with van der Waals surface area (Å²) in [5.41, 5.74) is 0.999. The fraction of sp³-hybridized carbons (Fsp3) is 0.533. The van der Waals surface area contributed by atoms with Gasteiger partial charge in [-0.3, -0.25) is 0 Å². The maximum absolute atomic E-state index is 9.31. The van der Waals surface area contributed by atoms with Crippen LogP contribution in [0.1, 0.15) is 25.7 Å². The first-order valence-corrected chi connectivity index (χ1v) is 7.37. The second-order valence-corrected chi connectivity index (χ2v) is 6.19. The summed E-state index contributed by atoms with van der Waals surface area (Å²) < 4.78 is 0. The Morgan fingerprint density at radius 2 is 2.00 bits per heavy atom. The lowest BCUT2D eigenvalue weighted by Crippen LogP contribution is -2.45. The summed E-state index contributed by atoms with van der Waals surface area (Å²) in [5, 5.41) is 13.6. The number of nitrogens with zero attached hydrogens (tertiary/aromatic N) is 1. The van der Waals surface area contributed by atoms with E-state index in [-0.39, 0.29) is 5.75 Å². The Morgan fingerprint density at radius 1 is 1.26 bits per heavy atom. The largest absolute Gasteiger partial charge is 0.508 e. The van der Waals surface area contributed by atoms with E-state index in [4.69, 9.17) is 12.2 Å². The molecule has 1 aromatic rings. The zero-order chi connectivity index (χ0) is 13.4. The van der Waals surface area contributed by atoms with E-state index in [9.17, 15) is 5.11 Å². The maximum Gasteiger partial charge on any atom is 0.173 e. The fourth-order valence-corrected chi connectivity index (χ4v) is 3.73. The van der Waals surface area contributed by atoms with Crippen LogP contribution in [-0.2, 0) is 0 Å². The molecule has 3 atom stereocenters. The number of aromatic hydroxyl groups is 1. The van der Waals surface area contributed by atoms with Crippen LogP contribution in [0.3, 0.4) is 0 Å². The average molecular weight is 276 g/mol. The smallest absolute Gasteiger partial charge is 0.173 e. The van der Waals surface area contributed by atoms with Gasteiger partial charge in [-0.25, -0.2) is 0 Å². The van der Waals surface area contributed by atoms with Crippen molar-refractivity contribution in [3.8, 4) is 5.75 Å². The summed E-state index contributed by atoms with van der Waals surface area (Å²) in [5.74, 6) is 2.02. The van der Waals surface area contributed by atoms with E-state index < -0.39 is 0 Å². The molecule has 2 aliphatic carbocycles. The molecule has 0 spiro atoms. The van der Waals surface area contributed by atoms with Gasteiger partial charge < -0.3 is 15.3 Å². The van der Waals surface area contributed by atoms with E-state index in [1.54, 1.807) is 12.1 Å². The fourth-order valence-electron chi connectivity index (χ4n) is 3.47. The number of nitrogens with one attached hydrogen (secondary N) is 1. The van der Waals surface area contributed by atoms with Gasteiger partial charge >= 0.3 is 0 Å². The number of hydrogen-bond donors (Lipinski definition) is 2. The monoisotopic (exact) mass is 276 g/mol. The molecular weight excluding hydrogens is 256 g/mol. The molecule has 2 saturated carbocycles. The van der Waals surface area contributed by atoms with Crippen molar-refractivity contribution in [2.45, 2.75) is 31.7 Å². The molecule has 2 N–H and O–H groups in total. The summed E-state index contributed by atoms with van der Waals surface area (Å²) in [6, 6.07) is 7.69. The molecule has 4 heteroatoms. The van der Waals surface area contributed by atoms with E-state index in [1.165, 1.54) is 25.7 Å². The number of anilines is 1. The Labute approximate surface area is 119 Å². The second-order valence-electron chi connectivity index (χ2n) is 5.81. The lowest BCUT2D eigenvalue weighted by Gasteiger charge is -2.28. The van der Waals surface area contributed by atoms with Crippen molar-refractivity contribution in [1.29, 1.82) is 0 Å². The highest BCUT2D eigenvalue weighted by molar-refractivity contribution is 7.80. The first-order chi connectivity index (χ1) is 9.13. The van der Waals surface area contributed by atoms with Crippen LogP contribution in [0.25, 0.3) is 0 Å². The molecule has 1 aromatic carbocycles. The third-order valence-electron chi connectivity index (χ3n) is 4.59. The number of rotatable bonds is 2. The zero-order valence-corrected chi connectivity index (χ0v) is 12.0. The molecule has 0 aliphatic heterocycles. The molecule has 3 nitrogen and oxygen atoms in total. The van der Waals surface area contributed by atoms with Crippen molar-refractivity contribution in [1.82, 2.24) is 5.32 Å². The molecule has 0 amide bonds. The predicted molar refractivity (Wildman–Crippen MR) is 81.5 cm³/mol. The predicted octanol–water partition coefficient (Wildman–Crippen LogP) is 2.89. The van der Waals surface area contributed by atoms with Crippen LogP contribution in [0.2, 0.25) is 0 Å². The van der Waals surface area contributed by atoms with Gasteiger partial charge in [-0.15, -0.1) is 0 Å². The molecule has 0 radical (unpaired) electrons. The molecule has 0 heterocycles. The van der Waals surface area contributed by atoms with E-state index >= 15 is 0 Å². The highest BCUT2D eigenvalue weighted by Gasteiger charge is 2.39. The van der Waals surface area contributed by atoms with E-state index in [0.717, 1.165) is 22.6 Å². The molecule has 3 rings (SSSR count). The minimum absolute atomic E-state index is 0.282. The number of fused-ring (bicyclic) bond motifs is 2. The molecule has 2 aliphatic rings. The Balaban J connectivity index is 1.62. The van der Waals surface area contributed by atoms with Crippen LogP contribution in [0.4, 0.5) is 5.69 Å². The van der Waals surface area contributed by atoms with Crippen molar-refractivity contribution >= 4 is 23.0 Å². The number of hydrogen-bond acceptors (Lipinski definition) is 2. The quantitative estimate of drug-likeness (QED) is 0.814. The molecule has 19 heavy (non-hydrogen) atoms. The summed E-state index contributed by atoms with van der Waals surface area (Å²) in [6.45, 7) is 0. The molecular formula is C15H20N2OS. The minimum atomic E-state index is 0.282. The molecule has 2 fully saturated rings. The van der Waals surface area contributed by atoms with Crippen molar-refractivity contribution in [2.75, 3.05) is 11.9 Å². The highest BCUT2D eigenvalue weighted by atomic mass is 32.1. The summed E-state index contributed by atoms with van der Waals surface area (Å²) in [6.07, 6.45) is 5.41. The van der Waals surface area contributed by atoms with Crippen molar-refractivity contribution in [2.24, 2.45) is 11.8 Å². The Hall–Kier alpha value is -1.29. The number of phenols is 1. The highest BCUT2D eigenvalue weighted by Crippen LogP contribution is 2.44. The van der Waals surface area contributed by atoms with Crippen LogP contribution < -0.4 is 10.2 Å². The summed E-state index contributed by atoms with van der Waals surface area (Å²) in [4.78, 5) is 1.97. The van der Waals surface area contributed by atoms with Gasteiger partial charge in [0.2, 0.25) is 0 Å². The Morgan fingerprint density at radius 3 is 2.58 bits per heavy atom. The molecule has 2 bridgehead atoms. The molecule has 0 unspecified atom stereocenters. The standard InChI is InChI=1S/C15H20N2OS/c1-17(12-4-6-13(18)7-5-12)15(19)16-14-9-10-2-3-11(14)8-10/h4-7,10-11,14,18H,2-3,8-9H2,1H3,(H,16,19)/t10-,11-,14+/m1/s1. The molecule has 0 aromatic heterocycles. The number of thiocarbonyl (C=S) groups is 1. The minimum Gasteiger partial charge on any atom is -0.508 e. The van der Waals surface area contributed by atoms with Crippen molar-refractivity contribution in [3.05, 3.63) is 24.3 Å². The van der Waals surface area contributed by atoms with Crippen LogP contribution in [0.5, 0.6) is 5.75 Å². The van der Waals surface area contributed by atoms with Crippen molar-refractivity contribution in [3.63, 3.8) is 0 Å². The SMILES string of the molecule is CN(C(=S)N[C@H]1C[C@@H]2CC[C@@H]1C2)c1ccc(O)cc1. The van der Waals surface area contributed by atoms with Crippen molar-refractivity contribution < 1.29 is 5.11 Å². The Kier molecular flexibility index (Phi) is 3.35. The van der Waals surface area contributed by atoms with Gasteiger partial charge in [0, 0.05) is 18.8 Å². The van der Waals surface area contributed by atoms with Crippen LogP contribution in [0.15, 0.2) is 24.3 Å². The maximum atomic E-state index is 9.31. The number of phenolic OH excluding ortho intramolecular Hbond substituents is 1. The normalized spacial score (nSPS) is 28.4. The van der Waals surface area contributed by atoms with E-state index in [1.807, 2.05) is 24.1 Å². The van der Waals surface area contributed by atoms with Gasteiger partial charge in [-0.2, -0.15) is 0 Å². The van der Waals surface area contributed by atoms with Gasteiger partial charge in [-0.05, 0) is 67.6 Å². The summed E-state index contributed by atoms with van der Waals surface area (Å²) in [7, 11) is 1.97. The molecule has 102 valence electrons. The lowest BCUT2D eigenvalue weighted by molar-refractivity contribution is 0.391. The zero-order valence-electron chi connectivity index (χ0n) is 11.2. The average Bonchev–Trinajstić information content (AvgIpc) is 3.01.